The number of thiazole rings is 1. The number of hydrogen-bond acceptors (Lipinski definition) is 7. The Morgan fingerprint density at radius 3 is 2.83 bits per heavy atom. The van der Waals surface area contributed by atoms with Crippen LogP contribution in [0, 0.1) is 0 Å². The van der Waals surface area contributed by atoms with Crippen LogP contribution >= 0.6 is 23.1 Å². The standard InChI is InChI=1S/C15H15N5OS2/c21-14(15-18-11-3-1-2-4-12(11)22-15)17-10-5-7-20(8-6-10)13-9-16-23-19-13/h1-4,9-10H,5-8H2,(H,17,21). The van der Waals surface area contributed by atoms with Crippen LogP contribution in [-0.2, 0) is 0 Å². The van der Waals surface area contributed by atoms with Crippen molar-refractivity contribution in [3.05, 3.63) is 35.5 Å². The Labute approximate surface area is 141 Å². The number of fused-ring (bicyclic) bond motifs is 1. The number of benzene rings is 1. The molecule has 0 unspecified atom stereocenters. The van der Waals surface area contributed by atoms with Gasteiger partial charge in [0, 0.05) is 19.1 Å². The Bertz CT molecular complexity index is 775. The topological polar surface area (TPSA) is 71.0 Å². The molecule has 1 fully saturated rings. The van der Waals surface area contributed by atoms with Crippen molar-refractivity contribution in [2.75, 3.05) is 18.0 Å². The summed E-state index contributed by atoms with van der Waals surface area (Å²) < 4.78 is 9.34. The van der Waals surface area contributed by atoms with E-state index in [1.807, 2.05) is 24.3 Å². The van der Waals surface area contributed by atoms with Crippen molar-refractivity contribution in [2.24, 2.45) is 0 Å². The molecule has 1 aliphatic heterocycles. The molecule has 0 spiro atoms. The molecule has 1 saturated heterocycles. The van der Waals surface area contributed by atoms with Gasteiger partial charge in [-0.15, -0.1) is 11.3 Å². The zero-order valence-corrected chi connectivity index (χ0v) is 13.9. The van der Waals surface area contributed by atoms with Crippen molar-refractivity contribution in [2.45, 2.75) is 18.9 Å². The number of aromatic nitrogens is 3. The number of rotatable bonds is 3. The highest BCUT2D eigenvalue weighted by Gasteiger charge is 2.23. The molecular weight excluding hydrogens is 330 g/mol. The Kier molecular flexibility index (Phi) is 3.92. The van der Waals surface area contributed by atoms with Crippen LogP contribution in [0.5, 0.6) is 0 Å². The summed E-state index contributed by atoms with van der Waals surface area (Å²) in [6.07, 6.45) is 3.62. The molecule has 4 rings (SSSR count). The summed E-state index contributed by atoms with van der Waals surface area (Å²) >= 11 is 2.67. The van der Waals surface area contributed by atoms with Crippen molar-refractivity contribution < 1.29 is 4.79 Å². The maximum absolute atomic E-state index is 12.4. The number of anilines is 1. The molecule has 8 heteroatoms. The third-order valence-electron chi connectivity index (χ3n) is 3.99. The summed E-state index contributed by atoms with van der Waals surface area (Å²) in [7, 11) is 0. The molecule has 3 aromatic rings. The molecule has 0 bridgehead atoms. The Morgan fingerprint density at radius 1 is 1.26 bits per heavy atom. The van der Waals surface area contributed by atoms with Crippen LogP contribution < -0.4 is 10.2 Å². The highest BCUT2D eigenvalue weighted by atomic mass is 32.1. The number of nitrogens with zero attached hydrogens (tertiary/aromatic N) is 4. The van der Waals surface area contributed by atoms with Crippen LogP contribution in [0.2, 0.25) is 0 Å². The first kappa shape index (κ1) is 14.5. The molecule has 3 heterocycles. The molecular formula is C15H15N5OS2. The molecule has 23 heavy (non-hydrogen) atoms. The first-order chi connectivity index (χ1) is 11.3. The zero-order valence-electron chi connectivity index (χ0n) is 12.3. The van der Waals surface area contributed by atoms with E-state index in [0.717, 1.165) is 42.0 Å². The number of hydrogen-bond donors (Lipinski definition) is 1. The lowest BCUT2D eigenvalue weighted by molar-refractivity contribution is 0.0931. The first-order valence-electron chi connectivity index (χ1n) is 7.48. The Balaban J connectivity index is 1.38. The first-order valence-corrected chi connectivity index (χ1v) is 9.03. The molecule has 1 aliphatic rings. The lowest BCUT2D eigenvalue weighted by Crippen LogP contribution is -2.44. The lowest BCUT2D eigenvalue weighted by Gasteiger charge is -2.31. The zero-order chi connectivity index (χ0) is 15.6. The van der Waals surface area contributed by atoms with Crippen LogP contribution in [0.25, 0.3) is 10.2 Å². The minimum absolute atomic E-state index is 0.0695. The van der Waals surface area contributed by atoms with E-state index < -0.39 is 0 Å². The predicted octanol–water partition coefficient (Wildman–Crippen LogP) is 2.55. The van der Waals surface area contributed by atoms with E-state index in [2.05, 4.69) is 23.9 Å². The number of para-hydroxylation sites is 1. The van der Waals surface area contributed by atoms with Crippen molar-refractivity contribution in [3.63, 3.8) is 0 Å². The normalized spacial score (nSPS) is 15.9. The third-order valence-corrected chi connectivity index (χ3v) is 5.50. The average molecular weight is 345 g/mol. The Hall–Kier alpha value is -2.06. The molecule has 1 N–H and O–H groups in total. The number of amides is 1. The van der Waals surface area contributed by atoms with Gasteiger partial charge in [0.1, 0.15) is 0 Å². The second-order valence-electron chi connectivity index (χ2n) is 5.49. The van der Waals surface area contributed by atoms with Gasteiger partial charge in [-0.25, -0.2) is 4.98 Å². The van der Waals surface area contributed by atoms with E-state index in [-0.39, 0.29) is 11.9 Å². The summed E-state index contributed by atoms with van der Waals surface area (Å²) in [5.41, 5.74) is 0.883. The molecule has 2 aromatic heterocycles. The van der Waals surface area contributed by atoms with Gasteiger partial charge in [0.05, 0.1) is 28.1 Å². The summed E-state index contributed by atoms with van der Waals surface area (Å²) in [4.78, 5) is 19.0. The number of carbonyl (C=O) groups excluding carboxylic acids is 1. The van der Waals surface area contributed by atoms with Crippen molar-refractivity contribution in [1.82, 2.24) is 19.0 Å². The molecule has 1 aromatic carbocycles. The SMILES string of the molecule is O=C(NC1CCN(c2cnsn2)CC1)c1nc2ccccc2s1. The molecule has 6 nitrogen and oxygen atoms in total. The van der Waals surface area contributed by atoms with Gasteiger partial charge in [-0.05, 0) is 25.0 Å². The van der Waals surface area contributed by atoms with Gasteiger partial charge in [0.2, 0.25) is 0 Å². The number of piperidine rings is 1. The minimum Gasteiger partial charge on any atom is -0.354 e. The van der Waals surface area contributed by atoms with Crippen LogP contribution in [0.1, 0.15) is 22.6 Å². The van der Waals surface area contributed by atoms with Crippen LogP contribution in [0.15, 0.2) is 30.5 Å². The van der Waals surface area contributed by atoms with Crippen molar-refractivity contribution in [3.8, 4) is 0 Å². The van der Waals surface area contributed by atoms with Gasteiger partial charge in [-0.1, -0.05) is 12.1 Å². The van der Waals surface area contributed by atoms with Gasteiger partial charge in [-0.2, -0.15) is 8.75 Å². The van der Waals surface area contributed by atoms with E-state index in [1.165, 1.54) is 23.1 Å². The van der Waals surface area contributed by atoms with E-state index in [9.17, 15) is 4.79 Å². The maximum atomic E-state index is 12.4. The summed E-state index contributed by atoms with van der Waals surface area (Å²) in [5, 5.41) is 3.65. The fourth-order valence-electron chi connectivity index (χ4n) is 2.77. The van der Waals surface area contributed by atoms with Gasteiger partial charge >= 0.3 is 0 Å². The van der Waals surface area contributed by atoms with E-state index in [0.29, 0.717) is 5.01 Å². The number of carbonyl (C=O) groups is 1. The fourth-order valence-corrected chi connectivity index (χ4v) is 4.07. The highest BCUT2D eigenvalue weighted by Crippen LogP contribution is 2.22. The smallest absolute Gasteiger partial charge is 0.280 e. The molecule has 0 saturated carbocycles. The summed E-state index contributed by atoms with van der Waals surface area (Å²) in [6, 6.07) is 8.02. The van der Waals surface area contributed by atoms with Gasteiger partial charge in [0.15, 0.2) is 10.8 Å². The molecule has 0 aliphatic carbocycles. The second kappa shape index (κ2) is 6.21. The highest BCUT2D eigenvalue weighted by molar-refractivity contribution is 7.20. The number of nitrogens with one attached hydrogen (secondary N) is 1. The van der Waals surface area contributed by atoms with Crippen LogP contribution in [-0.4, -0.2) is 38.8 Å². The molecule has 118 valence electrons. The monoisotopic (exact) mass is 345 g/mol. The van der Waals surface area contributed by atoms with Crippen LogP contribution in [0.3, 0.4) is 0 Å². The quantitative estimate of drug-likeness (QED) is 0.790. The molecule has 0 atom stereocenters. The average Bonchev–Trinajstić information content (AvgIpc) is 3.25. The van der Waals surface area contributed by atoms with Gasteiger partial charge < -0.3 is 10.2 Å². The van der Waals surface area contributed by atoms with Gasteiger partial charge in [-0.3, -0.25) is 4.79 Å². The summed E-state index contributed by atoms with van der Waals surface area (Å²) in [5.74, 6) is 0.867. The largest absolute Gasteiger partial charge is 0.354 e. The van der Waals surface area contributed by atoms with Gasteiger partial charge in [0.25, 0.3) is 5.91 Å². The van der Waals surface area contributed by atoms with Crippen LogP contribution in [0.4, 0.5) is 5.82 Å². The molecule has 0 radical (unpaired) electrons. The Morgan fingerprint density at radius 2 is 2.09 bits per heavy atom. The third kappa shape index (κ3) is 3.04. The van der Waals surface area contributed by atoms with Crippen molar-refractivity contribution >= 4 is 45.0 Å². The van der Waals surface area contributed by atoms with E-state index >= 15 is 0 Å². The van der Waals surface area contributed by atoms with E-state index in [4.69, 9.17) is 0 Å². The predicted molar refractivity (Wildman–Crippen MR) is 92.2 cm³/mol. The molecule has 1 amide bonds. The lowest BCUT2D eigenvalue weighted by atomic mass is 10.1. The summed E-state index contributed by atoms with van der Waals surface area (Å²) in [6.45, 7) is 1.77. The fraction of sp³-hybridized carbons (Fsp3) is 0.333. The second-order valence-corrected chi connectivity index (χ2v) is 7.07. The van der Waals surface area contributed by atoms with E-state index in [1.54, 1.807) is 6.20 Å². The maximum Gasteiger partial charge on any atom is 0.280 e. The van der Waals surface area contributed by atoms with Crippen molar-refractivity contribution in [1.29, 1.82) is 0 Å². The minimum atomic E-state index is -0.0695.